The molecule has 1 heterocycles. The molecule has 4 atom stereocenters. The van der Waals surface area contributed by atoms with Crippen LogP contribution in [0.5, 0.6) is 0 Å². The lowest BCUT2D eigenvalue weighted by molar-refractivity contribution is -0.00556. The van der Waals surface area contributed by atoms with Crippen LogP contribution in [0.1, 0.15) is 59.8 Å². The highest BCUT2D eigenvalue weighted by molar-refractivity contribution is 4.86. The molecule has 0 spiro atoms. The first kappa shape index (κ1) is 14.0. The lowest BCUT2D eigenvalue weighted by atomic mass is 9.90. The Bertz CT molecular complexity index is 195. The SMILES string of the molecule is CCCC(O)C(CC)N1CC(C)CCC1C. The van der Waals surface area contributed by atoms with Gasteiger partial charge in [-0.3, -0.25) is 4.90 Å². The van der Waals surface area contributed by atoms with E-state index in [1.54, 1.807) is 0 Å². The predicted octanol–water partition coefficient (Wildman–Crippen LogP) is 3.05. The van der Waals surface area contributed by atoms with Crippen LogP contribution in [0.15, 0.2) is 0 Å². The second-order valence-corrected chi connectivity index (χ2v) is 5.56. The van der Waals surface area contributed by atoms with Crippen LogP contribution in [0.25, 0.3) is 0 Å². The molecule has 96 valence electrons. The summed E-state index contributed by atoms with van der Waals surface area (Å²) in [7, 11) is 0. The zero-order valence-electron chi connectivity index (χ0n) is 11.4. The van der Waals surface area contributed by atoms with E-state index in [0.717, 1.165) is 25.2 Å². The predicted molar refractivity (Wildman–Crippen MR) is 69.6 cm³/mol. The van der Waals surface area contributed by atoms with Gasteiger partial charge in [0.15, 0.2) is 0 Å². The number of nitrogens with zero attached hydrogens (tertiary/aromatic N) is 1. The van der Waals surface area contributed by atoms with E-state index in [-0.39, 0.29) is 6.10 Å². The summed E-state index contributed by atoms with van der Waals surface area (Å²) in [6, 6.07) is 1.02. The molecule has 0 bridgehead atoms. The van der Waals surface area contributed by atoms with Crippen molar-refractivity contribution in [2.45, 2.75) is 78.0 Å². The second-order valence-electron chi connectivity index (χ2n) is 5.56. The van der Waals surface area contributed by atoms with Crippen LogP contribution < -0.4 is 0 Å². The molecule has 0 aliphatic carbocycles. The zero-order valence-corrected chi connectivity index (χ0v) is 11.4. The van der Waals surface area contributed by atoms with E-state index >= 15 is 0 Å². The van der Waals surface area contributed by atoms with E-state index in [9.17, 15) is 5.11 Å². The van der Waals surface area contributed by atoms with E-state index in [2.05, 4.69) is 32.6 Å². The first-order valence-electron chi connectivity index (χ1n) is 7.03. The fourth-order valence-corrected chi connectivity index (χ4v) is 3.00. The van der Waals surface area contributed by atoms with Gasteiger partial charge >= 0.3 is 0 Å². The molecule has 16 heavy (non-hydrogen) atoms. The molecule has 1 fully saturated rings. The maximum Gasteiger partial charge on any atom is 0.0695 e. The van der Waals surface area contributed by atoms with Crippen LogP contribution in [0.4, 0.5) is 0 Å². The van der Waals surface area contributed by atoms with Gasteiger partial charge in [0.25, 0.3) is 0 Å². The van der Waals surface area contributed by atoms with Gasteiger partial charge in [0.1, 0.15) is 0 Å². The normalized spacial score (nSPS) is 31.3. The third-order valence-corrected chi connectivity index (χ3v) is 4.04. The molecule has 0 aromatic heterocycles. The highest BCUT2D eigenvalue weighted by atomic mass is 16.3. The second kappa shape index (κ2) is 6.61. The van der Waals surface area contributed by atoms with Crippen molar-refractivity contribution in [1.82, 2.24) is 4.90 Å². The number of piperidine rings is 1. The van der Waals surface area contributed by atoms with Crippen molar-refractivity contribution in [2.75, 3.05) is 6.54 Å². The van der Waals surface area contributed by atoms with E-state index in [4.69, 9.17) is 0 Å². The summed E-state index contributed by atoms with van der Waals surface area (Å²) in [5, 5.41) is 10.2. The average Bonchev–Trinajstić information content (AvgIpc) is 2.24. The van der Waals surface area contributed by atoms with Crippen LogP contribution in [0, 0.1) is 5.92 Å². The molecular weight excluding hydrogens is 198 g/mol. The van der Waals surface area contributed by atoms with E-state index in [0.29, 0.717) is 12.1 Å². The van der Waals surface area contributed by atoms with Gasteiger partial charge in [-0.15, -0.1) is 0 Å². The summed E-state index contributed by atoms with van der Waals surface area (Å²) in [6.07, 6.45) is 5.58. The molecule has 0 aromatic carbocycles. The van der Waals surface area contributed by atoms with Crippen LogP contribution in [0.2, 0.25) is 0 Å². The quantitative estimate of drug-likeness (QED) is 0.780. The summed E-state index contributed by atoms with van der Waals surface area (Å²) >= 11 is 0. The van der Waals surface area contributed by atoms with Crippen molar-refractivity contribution in [1.29, 1.82) is 0 Å². The monoisotopic (exact) mass is 227 g/mol. The smallest absolute Gasteiger partial charge is 0.0695 e. The number of aliphatic hydroxyl groups is 1. The standard InChI is InChI=1S/C14H29NO/c1-5-7-14(16)13(6-2)15-10-11(3)8-9-12(15)4/h11-14,16H,5-10H2,1-4H3. The van der Waals surface area contributed by atoms with Crippen LogP contribution >= 0.6 is 0 Å². The van der Waals surface area contributed by atoms with Crippen molar-refractivity contribution in [3.8, 4) is 0 Å². The molecule has 2 heteroatoms. The lowest BCUT2D eigenvalue weighted by Gasteiger charge is -2.43. The molecule has 0 amide bonds. The Morgan fingerprint density at radius 2 is 1.94 bits per heavy atom. The average molecular weight is 227 g/mol. The van der Waals surface area contributed by atoms with Gasteiger partial charge in [0, 0.05) is 18.6 Å². The number of likely N-dealkylation sites (tertiary alicyclic amines) is 1. The number of hydrogen-bond acceptors (Lipinski definition) is 2. The molecule has 0 saturated carbocycles. The maximum atomic E-state index is 10.2. The Balaban J connectivity index is 2.62. The first-order valence-corrected chi connectivity index (χ1v) is 7.03. The summed E-state index contributed by atoms with van der Waals surface area (Å²) in [5.41, 5.74) is 0. The molecule has 4 unspecified atom stereocenters. The lowest BCUT2D eigenvalue weighted by Crippen LogP contribution is -2.51. The Hall–Kier alpha value is -0.0800. The van der Waals surface area contributed by atoms with Gasteiger partial charge in [0.2, 0.25) is 0 Å². The molecule has 0 radical (unpaired) electrons. The molecule has 1 aliphatic rings. The van der Waals surface area contributed by atoms with Gasteiger partial charge in [-0.05, 0) is 38.5 Å². The Morgan fingerprint density at radius 1 is 1.25 bits per heavy atom. The van der Waals surface area contributed by atoms with Gasteiger partial charge in [0.05, 0.1) is 6.10 Å². The highest BCUT2D eigenvalue weighted by Crippen LogP contribution is 2.26. The van der Waals surface area contributed by atoms with Crippen molar-refractivity contribution in [2.24, 2.45) is 5.92 Å². The summed E-state index contributed by atoms with van der Waals surface area (Å²) in [6.45, 7) is 10.2. The molecule has 1 N–H and O–H groups in total. The van der Waals surface area contributed by atoms with Crippen LogP contribution in [-0.2, 0) is 0 Å². The van der Waals surface area contributed by atoms with Crippen molar-refractivity contribution < 1.29 is 5.11 Å². The molecule has 0 aromatic rings. The van der Waals surface area contributed by atoms with Crippen LogP contribution in [0.3, 0.4) is 0 Å². The van der Waals surface area contributed by atoms with Gasteiger partial charge < -0.3 is 5.11 Å². The summed E-state index contributed by atoms with van der Waals surface area (Å²) in [5.74, 6) is 0.791. The highest BCUT2D eigenvalue weighted by Gasteiger charge is 2.31. The zero-order chi connectivity index (χ0) is 12.1. The minimum atomic E-state index is -0.136. The van der Waals surface area contributed by atoms with Crippen LogP contribution in [-0.4, -0.2) is 34.7 Å². The largest absolute Gasteiger partial charge is 0.391 e. The summed E-state index contributed by atoms with van der Waals surface area (Å²) < 4.78 is 0. The maximum absolute atomic E-state index is 10.2. The minimum absolute atomic E-state index is 0.136. The van der Waals surface area contributed by atoms with Crippen molar-refractivity contribution in [3.05, 3.63) is 0 Å². The fraction of sp³-hybridized carbons (Fsp3) is 1.00. The van der Waals surface area contributed by atoms with Gasteiger partial charge in [-0.25, -0.2) is 0 Å². The third kappa shape index (κ3) is 3.46. The Kier molecular flexibility index (Phi) is 5.77. The fourth-order valence-electron chi connectivity index (χ4n) is 3.00. The topological polar surface area (TPSA) is 23.5 Å². The number of rotatable bonds is 5. The van der Waals surface area contributed by atoms with Crippen molar-refractivity contribution >= 4 is 0 Å². The van der Waals surface area contributed by atoms with E-state index in [1.165, 1.54) is 19.4 Å². The van der Waals surface area contributed by atoms with Gasteiger partial charge in [-0.1, -0.05) is 27.2 Å². The van der Waals surface area contributed by atoms with E-state index < -0.39 is 0 Å². The summed E-state index contributed by atoms with van der Waals surface area (Å²) in [4.78, 5) is 2.55. The first-order chi connectivity index (χ1) is 7.60. The van der Waals surface area contributed by atoms with Crippen molar-refractivity contribution in [3.63, 3.8) is 0 Å². The molecular formula is C14H29NO. The number of aliphatic hydroxyl groups excluding tert-OH is 1. The molecule has 2 nitrogen and oxygen atoms in total. The Labute approximate surface area is 101 Å². The molecule has 1 rings (SSSR count). The minimum Gasteiger partial charge on any atom is -0.391 e. The third-order valence-electron chi connectivity index (χ3n) is 4.04. The van der Waals surface area contributed by atoms with Gasteiger partial charge in [-0.2, -0.15) is 0 Å². The molecule has 1 saturated heterocycles. The molecule has 1 aliphatic heterocycles. The van der Waals surface area contributed by atoms with E-state index in [1.807, 2.05) is 0 Å². The number of hydrogen-bond donors (Lipinski definition) is 1. The Morgan fingerprint density at radius 3 is 2.50 bits per heavy atom.